The molecule has 178 valence electrons. The van der Waals surface area contributed by atoms with Gasteiger partial charge in [-0.25, -0.2) is 9.29 Å². The second-order valence-electron chi connectivity index (χ2n) is 7.26. The van der Waals surface area contributed by atoms with Crippen LogP contribution < -0.4 is 15.0 Å². The fraction of sp³-hybridized carbons (Fsp3) is 0.0417. The molecule has 4 rings (SSSR count). The monoisotopic (exact) mass is 704 g/mol. The highest BCUT2D eigenvalue weighted by molar-refractivity contribution is 14.1. The SMILES string of the molecule is O=C1NC(=S)N(c2ccccc2F)C(=O)/C1=C/c1cc(Br)c(OCc2ccc(Cl)c(Cl)c2)c(I)c1. The van der Waals surface area contributed by atoms with Gasteiger partial charge in [0.25, 0.3) is 11.8 Å². The molecule has 0 saturated carbocycles. The molecular weight excluding hydrogens is 693 g/mol. The van der Waals surface area contributed by atoms with Gasteiger partial charge in [-0.2, -0.15) is 0 Å². The number of benzene rings is 3. The van der Waals surface area contributed by atoms with Crippen LogP contribution in [0.3, 0.4) is 0 Å². The first-order valence-corrected chi connectivity index (χ1v) is 12.9. The van der Waals surface area contributed by atoms with Crippen molar-refractivity contribution in [3.05, 3.63) is 95.2 Å². The summed E-state index contributed by atoms with van der Waals surface area (Å²) in [6, 6.07) is 14.4. The molecule has 5 nitrogen and oxygen atoms in total. The van der Waals surface area contributed by atoms with Crippen molar-refractivity contribution in [2.24, 2.45) is 0 Å². The maximum atomic E-state index is 14.3. The van der Waals surface area contributed by atoms with E-state index < -0.39 is 17.6 Å². The van der Waals surface area contributed by atoms with Gasteiger partial charge in [0, 0.05) is 0 Å². The number of carbonyl (C=O) groups is 2. The van der Waals surface area contributed by atoms with Crippen molar-refractivity contribution in [1.82, 2.24) is 5.32 Å². The number of anilines is 1. The number of nitrogens with zero attached hydrogens (tertiary/aromatic N) is 1. The summed E-state index contributed by atoms with van der Waals surface area (Å²) >= 11 is 22.7. The van der Waals surface area contributed by atoms with Crippen LogP contribution in [0.2, 0.25) is 10.0 Å². The van der Waals surface area contributed by atoms with Crippen molar-refractivity contribution in [3.8, 4) is 5.75 Å². The Morgan fingerprint density at radius 1 is 1.11 bits per heavy atom. The van der Waals surface area contributed by atoms with Crippen LogP contribution in [0.15, 0.2) is 64.6 Å². The third-order valence-electron chi connectivity index (χ3n) is 4.89. The first kappa shape index (κ1) is 26.0. The Bertz CT molecular complexity index is 1400. The molecule has 2 amide bonds. The number of thiocarbonyl (C=S) groups is 1. The summed E-state index contributed by atoms with van der Waals surface area (Å²) < 4.78 is 21.6. The molecule has 1 fully saturated rings. The summed E-state index contributed by atoms with van der Waals surface area (Å²) in [5, 5.41) is 3.15. The van der Waals surface area contributed by atoms with E-state index in [0.717, 1.165) is 14.0 Å². The first-order chi connectivity index (χ1) is 16.7. The Hall–Kier alpha value is -2.05. The minimum atomic E-state index is -0.727. The summed E-state index contributed by atoms with van der Waals surface area (Å²) in [6.07, 6.45) is 1.42. The van der Waals surface area contributed by atoms with E-state index in [1.165, 1.54) is 24.3 Å². The summed E-state index contributed by atoms with van der Waals surface area (Å²) in [7, 11) is 0. The molecule has 1 aliphatic rings. The van der Waals surface area contributed by atoms with Crippen LogP contribution in [0.25, 0.3) is 6.08 Å². The normalized spacial score (nSPS) is 14.9. The van der Waals surface area contributed by atoms with Crippen molar-refractivity contribution >= 4 is 103 Å². The third-order valence-corrected chi connectivity index (χ3v) is 7.31. The summed E-state index contributed by atoms with van der Waals surface area (Å²) in [5.74, 6) is -1.46. The maximum Gasteiger partial charge on any atom is 0.270 e. The minimum Gasteiger partial charge on any atom is -0.487 e. The Morgan fingerprint density at radius 3 is 2.54 bits per heavy atom. The molecule has 11 heteroatoms. The Labute approximate surface area is 237 Å². The van der Waals surface area contributed by atoms with E-state index >= 15 is 0 Å². The van der Waals surface area contributed by atoms with Crippen LogP contribution in [-0.4, -0.2) is 16.9 Å². The number of hydrogen-bond acceptors (Lipinski definition) is 4. The molecule has 0 bridgehead atoms. The number of hydrogen-bond donors (Lipinski definition) is 1. The van der Waals surface area contributed by atoms with E-state index in [1.54, 1.807) is 30.3 Å². The van der Waals surface area contributed by atoms with E-state index in [9.17, 15) is 14.0 Å². The number of halogens is 5. The number of rotatable bonds is 5. The van der Waals surface area contributed by atoms with E-state index in [2.05, 4.69) is 43.8 Å². The molecule has 0 aliphatic carbocycles. The topological polar surface area (TPSA) is 58.6 Å². The smallest absolute Gasteiger partial charge is 0.270 e. The molecule has 0 radical (unpaired) electrons. The molecule has 1 N–H and O–H groups in total. The molecule has 0 aromatic heterocycles. The number of para-hydroxylation sites is 1. The van der Waals surface area contributed by atoms with Crippen molar-refractivity contribution in [2.45, 2.75) is 6.61 Å². The summed E-state index contributed by atoms with van der Waals surface area (Å²) in [6.45, 7) is 0.252. The second-order valence-corrected chi connectivity index (χ2v) is 10.5. The number of amides is 2. The highest BCUT2D eigenvalue weighted by Crippen LogP contribution is 2.34. The van der Waals surface area contributed by atoms with Gasteiger partial charge < -0.3 is 4.74 Å². The van der Waals surface area contributed by atoms with Crippen molar-refractivity contribution in [2.75, 3.05) is 4.90 Å². The van der Waals surface area contributed by atoms with Gasteiger partial charge in [0.2, 0.25) is 0 Å². The van der Waals surface area contributed by atoms with Crippen molar-refractivity contribution in [1.29, 1.82) is 0 Å². The lowest BCUT2D eigenvalue weighted by Crippen LogP contribution is -2.54. The molecule has 3 aromatic carbocycles. The zero-order valence-corrected chi connectivity index (χ0v) is 23.5. The van der Waals surface area contributed by atoms with Crippen LogP contribution >= 0.6 is 73.9 Å². The first-order valence-electron chi connectivity index (χ1n) is 9.87. The van der Waals surface area contributed by atoms with E-state index in [1.807, 2.05) is 6.07 Å². The van der Waals surface area contributed by atoms with Crippen molar-refractivity contribution < 1.29 is 18.7 Å². The average molecular weight is 706 g/mol. The molecule has 0 atom stereocenters. The maximum absolute atomic E-state index is 14.3. The fourth-order valence-electron chi connectivity index (χ4n) is 3.26. The van der Waals surface area contributed by atoms with Crippen LogP contribution in [-0.2, 0) is 16.2 Å². The number of nitrogens with one attached hydrogen (secondary N) is 1. The van der Waals surface area contributed by atoms with Gasteiger partial charge in [-0.1, -0.05) is 41.4 Å². The Morgan fingerprint density at radius 2 is 1.86 bits per heavy atom. The van der Waals surface area contributed by atoms with Crippen LogP contribution in [0, 0.1) is 9.39 Å². The average Bonchev–Trinajstić information content (AvgIpc) is 2.79. The van der Waals surface area contributed by atoms with Crippen LogP contribution in [0.4, 0.5) is 10.1 Å². The summed E-state index contributed by atoms with van der Waals surface area (Å²) in [4.78, 5) is 26.7. The molecule has 35 heavy (non-hydrogen) atoms. The van der Waals surface area contributed by atoms with E-state index in [-0.39, 0.29) is 23.0 Å². The Balaban J connectivity index is 1.61. The van der Waals surface area contributed by atoms with Gasteiger partial charge in [-0.05, 0) is 104 Å². The lowest BCUT2D eigenvalue weighted by atomic mass is 10.1. The molecule has 1 aliphatic heterocycles. The van der Waals surface area contributed by atoms with Gasteiger partial charge in [0.05, 0.1) is 23.8 Å². The Kier molecular flexibility index (Phi) is 8.12. The van der Waals surface area contributed by atoms with Crippen molar-refractivity contribution in [3.63, 3.8) is 0 Å². The number of carbonyl (C=O) groups excluding carboxylic acids is 2. The second kappa shape index (κ2) is 10.9. The molecule has 0 unspecified atom stereocenters. The van der Waals surface area contributed by atoms with Gasteiger partial charge in [-0.15, -0.1) is 0 Å². The molecule has 1 heterocycles. The van der Waals surface area contributed by atoms with Gasteiger partial charge in [0.1, 0.15) is 23.7 Å². The van der Waals surface area contributed by atoms with E-state index in [0.29, 0.717) is 25.8 Å². The molecule has 0 spiro atoms. The zero-order chi connectivity index (χ0) is 25.3. The molecule has 1 saturated heterocycles. The van der Waals surface area contributed by atoms with E-state index in [4.69, 9.17) is 40.2 Å². The highest BCUT2D eigenvalue weighted by Gasteiger charge is 2.35. The van der Waals surface area contributed by atoms with Gasteiger partial charge >= 0.3 is 0 Å². The van der Waals surface area contributed by atoms with Crippen LogP contribution in [0.5, 0.6) is 5.75 Å². The predicted octanol–water partition coefficient (Wildman–Crippen LogP) is 6.91. The number of ether oxygens (including phenoxy) is 1. The van der Waals surface area contributed by atoms with Gasteiger partial charge in [-0.3, -0.25) is 14.9 Å². The quantitative estimate of drug-likeness (QED) is 0.136. The third kappa shape index (κ3) is 5.69. The minimum absolute atomic E-state index is 0.0461. The standard InChI is InChI=1S/C24H13BrCl2FIN2O3S/c25-15-8-13(10-19(29)21(15)34-11-12-5-6-16(26)17(27)9-12)7-14-22(32)30-24(35)31(23(14)33)20-4-2-1-3-18(20)28/h1-10H,11H2,(H,30,32,35)/b14-7+. The molecular formula is C24H13BrCl2FIN2O3S. The van der Waals surface area contributed by atoms with Crippen LogP contribution in [0.1, 0.15) is 11.1 Å². The summed E-state index contributed by atoms with van der Waals surface area (Å²) in [5.41, 5.74) is 1.16. The highest BCUT2D eigenvalue weighted by atomic mass is 127. The lowest BCUT2D eigenvalue weighted by Gasteiger charge is -2.29. The predicted molar refractivity (Wildman–Crippen MR) is 150 cm³/mol. The zero-order valence-electron chi connectivity index (χ0n) is 17.5. The molecule has 3 aromatic rings. The largest absolute Gasteiger partial charge is 0.487 e. The lowest BCUT2D eigenvalue weighted by molar-refractivity contribution is -0.122. The van der Waals surface area contributed by atoms with Gasteiger partial charge in [0.15, 0.2) is 5.11 Å². The fourth-order valence-corrected chi connectivity index (χ4v) is 5.63.